The first-order valence-corrected chi connectivity index (χ1v) is 5.23. The molecule has 0 aliphatic carbocycles. The van der Waals surface area contributed by atoms with E-state index in [2.05, 4.69) is 5.32 Å². The zero-order chi connectivity index (χ0) is 11.5. The molecule has 0 bridgehead atoms. The number of nitrogens with one attached hydrogen (secondary N) is 1. The molecule has 0 saturated heterocycles. The third-order valence-electron chi connectivity index (χ3n) is 2.48. The summed E-state index contributed by atoms with van der Waals surface area (Å²) >= 11 is 0. The van der Waals surface area contributed by atoms with E-state index in [-0.39, 0.29) is 11.7 Å². The fourth-order valence-electron chi connectivity index (χ4n) is 1.74. The minimum absolute atomic E-state index is 0.112. The van der Waals surface area contributed by atoms with Gasteiger partial charge in [0.05, 0.1) is 0 Å². The molecule has 2 aromatic carbocycles. The van der Waals surface area contributed by atoms with Crippen LogP contribution in [0.15, 0.2) is 36.4 Å². The van der Waals surface area contributed by atoms with Crippen LogP contribution in [-0.2, 0) is 0 Å². The largest absolute Gasteiger partial charge is 0.507 e. The van der Waals surface area contributed by atoms with E-state index in [4.69, 9.17) is 0 Å². The number of phenolic OH excluding ortho intramolecular Hbond substituents is 1. The van der Waals surface area contributed by atoms with E-state index < -0.39 is 0 Å². The van der Waals surface area contributed by atoms with E-state index in [1.165, 1.54) is 0 Å². The molecule has 0 spiro atoms. The molecule has 0 atom stereocenters. The van der Waals surface area contributed by atoms with Gasteiger partial charge in [-0.15, -0.1) is 0 Å². The number of aromatic hydroxyl groups is 1. The van der Waals surface area contributed by atoms with Crippen LogP contribution in [0.3, 0.4) is 0 Å². The Labute approximate surface area is 93.7 Å². The van der Waals surface area contributed by atoms with E-state index in [0.717, 1.165) is 5.39 Å². The maximum Gasteiger partial charge on any atom is 0.251 e. The molecule has 3 heteroatoms. The fourth-order valence-corrected chi connectivity index (χ4v) is 1.74. The van der Waals surface area contributed by atoms with E-state index in [1.807, 2.05) is 25.1 Å². The number of hydrogen-bond acceptors (Lipinski definition) is 2. The molecule has 0 aliphatic rings. The van der Waals surface area contributed by atoms with Crippen LogP contribution in [0.1, 0.15) is 17.3 Å². The van der Waals surface area contributed by atoms with Gasteiger partial charge in [-0.25, -0.2) is 0 Å². The number of hydrogen-bond donors (Lipinski definition) is 2. The predicted molar refractivity (Wildman–Crippen MR) is 63.6 cm³/mol. The predicted octanol–water partition coefficient (Wildman–Crippen LogP) is 2.30. The van der Waals surface area contributed by atoms with Crippen molar-refractivity contribution in [3.63, 3.8) is 0 Å². The van der Waals surface area contributed by atoms with Gasteiger partial charge in [0.15, 0.2) is 0 Å². The summed E-state index contributed by atoms with van der Waals surface area (Å²) in [5, 5.41) is 13.9. The Bertz CT molecular complexity index is 534. The third kappa shape index (κ3) is 1.72. The van der Waals surface area contributed by atoms with Crippen molar-refractivity contribution in [2.45, 2.75) is 6.92 Å². The summed E-state index contributed by atoms with van der Waals surface area (Å²) in [6.07, 6.45) is 0. The molecule has 0 heterocycles. The standard InChI is InChI=1S/C13H13NO2/c1-2-14-13(16)11-7-8-12(15)10-6-4-3-5-9(10)11/h3-8,15H,2H2,1H3,(H,14,16). The monoisotopic (exact) mass is 215 g/mol. The lowest BCUT2D eigenvalue weighted by molar-refractivity contribution is 0.0957. The van der Waals surface area contributed by atoms with E-state index in [9.17, 15) is 9.90 Å². The van der Waals surface area contributed by atoms with Crippen molar-refractivity contribution < 1.29 is 9.90 Å². The number of rotatable bonds is 2. The van der Waals surface area contributed by atoms with Crippen LogP contribution in [-0.4, -0.2) is 17.6 Å². The summed E-state index contributed by atoms with van der Waals surface area (Å²) < 4.78 is 0. The second-order valence-electron chi connectivity index (χ2n) is 3.54. The Morgan fingerprint density at radius 2 is 1.88 bits per heavy atom. The van der Waals surface area contributed by atoms with Crippen LogP contribution in [0.5, 0.6) is 5.75 Å². The van der Waals surface area contributed by atoms with Gasteiger partial charge in [-0.2, -0.15) is 0 Å². The van der Waals surface area contributed by atoms with Crippen molar-refractivity contribution >= 4 is 16.7 Å². The quantitative estimate of drug-likeness (QED) is 0.807. The smallest absolute Gasteiger partial charge is 0.251 e. The van der Waals surface area contributed by atoms with Crippen molar-refractivity contribution in [1.29, 1.82) is 0 Å². The highest BCUT2D eigenvalue weighted by Crippen LogP contribution is 2.27. The Hall–Kier alpha value is -2.03. The lowest BCUT2D eigenvalue weighted by Gasteiger charge is -2.07. The van der Waals surface area contributed by atoms with E-state index in [0.29, 0.717) is 17.5 Å². The first-order valence-electron chi connectivity index (χ1n) is 5.23. The molecule has 2 rings (SSSR count). The van der Waals surface area contributed by atoms with Crippen LogP contribution in [0.2, 0.25) is 0 Å². The molecule has 0 unspecified atom stereocenters. The Morgan fingerprint density at radius 1 is 1.19 bits per heavy atom. The Balaban J connectivity index is 2.63. The minimum Gasteiger partial charge on any atom is -0.507 e. The molecule has 3 nitrogen and oxygen atoms in total. The van der Waals surface area contributed by atoms with E-state index in [1.54, 1.807) is 18.2 Å². The summed E-state index contributed by atoms with van der Waals surface area (Å²) in [6, 6.07) is 10.5. The summed E-state index contributed by atoms with van der Waals surface area (Å²) in [5.74, 6) is 0.0855. The Morgan fingerprint density at radius 3 is 2.56 bits per heavy atom. The van der Waals surface area contributed by atoms with Crippen molar-refractivity contribution in [2.75, 3.05) is 6.54 Å². The van der Waals surface area contributed by atoms with Crippen LogP contribution in [0.25, 0.3) is 10.8 Å². The van der Waals surface area contributed by atoms with Crippen LogP contribution in [0, 0.1) is 0 Å². The second-order valence-corrected chi connectivity index (χ2v) is 3.54. The van der Waals surface area contributed by atoms with Crippen molar-refractivity contribution in [2.24, 2.45) is 0 Å². The lowest BCUT2D eigenvalue weighted by atomic mass is 10.0. The lowest BCUT2D eigenvalue weighted by Crippen LogP contribution is -2.22. The molecular formula is C13H13NO2. The zero-order valence-electron chi connectivity index (χ0n) is 9.03. The van der Waals surface area contributed by atoms with Gasteiger partial charge in [-0.05, 0) is 24.4 Å². The SMILES string of the molecule is CCNC(=O)c1ccc(O)c2ccccc12. The molecule has 16 heavy (non-hydrogen) atoms. The van der Waals surface area contributed by atoms with Crippen LogP contribution < -0.4 is 5.32 Å². The molecule has 82 valence electrons. The molecular weight excluding hydrogens is 202 g/mol. The number of carbonyl (C=O) groups excluding carboxylic acids is 1. The normalized spacial score (nSPS) is 10.3. The number of amides is 1. The molecule has 0 aromatic heterocycles. The molecule has 0 radical (unpaired) electrons. The van der Waals surface area contributed by atoms with Crippen molar-refractivity contribution in [1.82, 2.24) is 5.32 Å². The molecule has 0 fully saturated rings. The highest BCUT2D eigenvalue weighted by molar-refractivity contribution is 6.08. The second kappa shape index (κ2) is 4.23. The maximum absolute atomic E-state index is 11.8. The number of benzene rings is 2. The van der Waals surface area contributed by atoms with Gasteiger partial charge in [-0.3, -0.25) is 4.79 Å². The highest BCUT2D eigenvalue weighted by atomic mass is 16.3. The molecule has 0 aliphatic heterocycles. The van der Waals surface area contributed by atoms with Crippen LogP contribution >= 0.6 is 0 Å². The van der Waals surface area contributed by atoms with Crippen molar-refractivity contribution in [3.8, 4) is 5.75 Å². The van der Waals surface area contributed by atoms with Gasteiger partial charge in [0, 0.05) is 17.5 Å². The van der Waals surface area contributed by atoms with Gasteiger partial charge in [0.2, 0.25) is 0 Å². The highest BCUT2D eigenvalue weighted by Gasteiger charge is 2.10. The summed E-state index contributed by atoms with van der Waals surface area (Å²) in [4.78, 5) is 11.8. The first kappa shape index (κ1) is 10.5. The number of phenols is 1. The van der Waals surface area contributed by atoms with Gasteiger partial charge in [-0.1, -0.05) is 24.3 Å². The van der Waals surface area contributed by atoms with Gasteiger partial charge in [0.25, 0.3) is 5.91 Å². The zero-order valence-corrected chi connectivity index (χ0v) is 9.03. The fraction of sp³-hybridized carbons (Fsp3) is 0.154. The molecule has 1 amide bonds. The van der Waals surface area contributed by atoms with Crippen molar-refractivity contribution in [3.05, 3.63) is 42.0 Å². The third-order valence-corrected chi connectivity index (χ3v) is 2.48. The molecule has 0 saturated carbocycles. The Kier molecular flexibility index (Phi) is 2.77. The summed E-state index contributed by atoms with van der Waals surface area (Å²) in [7, 11) is 0. The number of carbonyl (C=O) groups is 1. The van der Waals surface area contributed by atoms with Crippen LogP contribution in [0.4, 0.5) is 0 Å². The van der Waals surface area contributed by atoms with Gasteiger partial charge in [0.1, 0.15) is 5.75 Å². The summed E-state index contributed by atoms with van der Waals surface area (Å²) in [6.45, 7) is 2.47. The van der Waals surface area contributed by atoms with Gasteiger partial charge >= 0.3 is 0 Å². The average molecular weight is 215 g/mol. The maximum atomic E-state index is 11.8. The average Bonchev–Trinajstić information content (AvgIpc) is 2.30. The van der Waals surface area contributed by atoms with E-state index >= 15 is 0 Å². The summed E-state index contributed by atoms with van der Waals surface area (Å²) in [5.41, 5.74) is 0.593. The van der Waals surface area contributed by atoms with Gasteiger partial charge < -0.3 is 10.4 Å². The minimum atomic E-state index is -0.112. The first-order chi connectivity index (χ1) is 7.74. The molecule has 2 aromatic rings. The molecule has 2 N–H and O–H groups in total. The topological polar surface area (TPSA) is 49.3 Å². The number of fused-ring (bicyclic) bond motifs is 1.